The molecule has 0 spiro atoms. The van der Waals surface area contributed by atoms with Crippen LogP contribution in [0.25, 0.3) is 0 Å². The summed E-state index contributed by atoms with van der Waals surface area (Å²) in [6.45, 7) is 1.31. The standard InChI is InChI=1S/C69H71FO12/c1-71-58-39-37-56(38-40-58)46-74-61-59(48-72-41-50-23-9-2-10-24-50)80-67(70)65(63(61)75-43-52-27-13-4-14-28-52)82-68(57-35-21-8-22-36-57)79-49-60-62(73-42-51-25-11-3-12-26-51)64(76-44-53-29-15-5-16-30-53)66(77-45-54-31-17-6-18-32-54)69(81-60)78-47-55-33-19-7-20-34-55/h2-40,59-69H,41-49H2,1H3/t59-,60-,61-,62-,63+,64+,65+,66-,67+,68+,69-/m1/s1. The Balaban J connectivity index is 0.979. The summed E-state index contributed by atoms with van der Waals surface area (Å²) in [5.41, 5.74) is 7.11. The minimum atomic E-state index is -2.02. The topological polar surface area (TPSA) is 111 Å². The van der Waals surface area contributed by atoms with E-state index in [9.17, 15) is 0 Å². The number of benzene rings is 8. The van der Waals surface area contributed by atoms with Crippen LogP contribution in [0.5, 0.6) is 5.75 Å². The zero-order chi connectivity index (χ0) is 56.0. The molecule has 8 aromatic rings. The van der Waals surface area contributed by atoms with Crippen molar-refractivity contribution in [2.45, 2.75) is 114 Å². The van der Waals surface area contributed by atoms with Gasteiger partial charge in [0.15, 0.2) is 12.6 Å². The highest BCUT2D eigenvalue weighted by atomic mass is 19.1. The molecular formula is C69H71FO12. The quantitative estimate of drug-likeness (QED) is 0.0416. The minimum Gasteiger partial charge on any atom is -0.497 e. The van der Waals surface area contributed by atoms with Crippen molar-refractivity contribution in [3.8, 4) is 5.75 Å². The highest BCUT2D eigenvalue weighted by Crippen LogP contribution is 2.37. The molecule has 0 bridgehead atoms. The molecule has 12 nitrogen and oxygen atoms in total. The largest absolute Gasteiger partial charge is 0.497 e. The van der Waals surface area contributed by atoms with Crippen LogP contribution in [-0.4, -0.2) is 81.8 Å². The molecule has 0 N–H and O–H groups in total. The van der Waals surface area contributed by atoms with Gasteiger partial charge in [0.2, 0.25) is 6.36 Å². The molecule has 0 amide bonds. The van der Waals surface area contributed by atoms with E-state index in [1.807, 2.05) is 237 Å². The Morgan fingerprint density at radius 1 is 0.354 bits per heavy atom. The molecule has 0 aromatic heterocycles. The van der Waals surface area contributed by atoms with E-state index in [1.54, 1.807) is 7.11 Å². The van der Waals surface area contributed by atoms with Crippen molar-refractivity contribution in [3.63, 3.8) is 0 Å². The van der Waals surface area contributed by atoms with Gasteiger partial charge in [-0.3, -0.25) is 0 Å². The van der Waals surface area contributed by atoms with Gasteiger partial charge < -0.3 is 56.8 Å². The lowest BCUT2D eigenvalue weighted by Gasteiger charge is -2.46. The van der Waals surface area contributed by atoms with Crippen LogP contribution in [0.1, 0.15) is 50.8 Å². The van der Waals surface area contributed by atoms with Crippen molar-refractivity contribution < 1.29 is 61.2 Å². The molecule has 82 heavy (non-hydrogen) atoms. The van der Waals surface area contributed by atoms with Crippen LogP contribution in [0.2, 0.25) is 0 Å². The molecule has 2 aliphatic heterocycles. The monoisotopic (exact) mass is 1110 g/mol. The molecule has 0 radical (unpaired) electrons. The molecule has 0 unspecified atom stereocenters. The Morgan fingerprint density at radius 2 is 0.707 bits per heavy atom. The van der Waals surface area contributed by atoms with E-state index in [1.165, 1.54) is 0 Å². The number of ether oxygens (including phenoxy) is 12. The molecule has 0 aliphatic carbocycles. The Kier molecular flexibility index (Phi) is 22.0. The molecule has 426 valence electrons. The van der Waals surface area contributed by atoms with Gasteiger partial charge >= 0.3 is 0 Å². The van der Waals surface area contributed by atoms with Crippen LogP contribution in [0, 0.1) is 0 Å². The van der Waals surface area contributed by atoms with Crippen molar-refractivity contribution in [2.24, 2.45) is 0 Å². The van der Waals surface area contributed by atoms with E-state index in [-0.39, 0.29) is 59.5 Å². The van der Waals surface area contributed by atoms with Gasteiger partial charge in [-0.15, -0.1) is 0 Å². The van der Waals surface area contributed by atoms with E-state index >= 15 is 4.39 Å². The number of hydrogen-bond acceptors (Lipinski definition) is 12. The van der Waals surface area contributed by atoms with Crippen molar-refractivity contribution in [2.75, 3.05) is 20.3 Å². The SMILES string of the molecule is COc1ccc(CO[C@H]2[C@H](OCc3ccccc3)[C@H](O[C@H](OC[C@H]3O[C@@H](OCc4ccccc4)[C@H](OCc4ccccc4)[C@@H](OCc4ccccc4)[C@@H]3OCc3ccccc3)c3ccccc3)[C@@H](F)O[C@@H]2COCc2ccccc2)cc1. The van der Waals surface area contributed by atoms with Crippen LogP contribution in [0.15, 0.2) is 237 Å². The Bertz CT molecular complexity index is 3010. The first kappa shape index (κ1) is 58.3. The smallest absolute Gasteiger partial charge is 0.228 e. The first-order valence-electron chi connectivity index (χ1n) is 27.9. The van der Waals surface area contributed by atoms with Crippen molar-refractivity contribution in [1.82, 2.24) is 0 Å². The van der Waals surface area contributed by atoms with Crippen molar-refractivity contribution >= 4 is 0 Å². The average Bonchev–Trinajstić information content (AvgIpc) is 3.66. The highest BCUT2D eigenvalue weighted by Gasteiger charge is 2.52. The van der Waals surface area contributed by atoms with Crippen molar-refractivity contribution in [1.29, 1.82) is 0 Å². The van der Waals surface area contributed by atoms with E-state index in [0.29, 0.717) is 11.3 Å². The molecule has 11 atom stereocenters. The van der Waals surface area contributed by atoms with Gasteiger partial charge in [-0.25, -0.2) is 4.39 Å². The zero-order valence-electron chi connectivity index (χ0n) is 46.0. The van der Waals surface area contributed by atoms with Crippen molar-refractivity contribution in [3.05, 3.63) is 281 Å². The summed E-state index contributed by atoms with van der Waals surface area (Å²) < 4.78 is 97.9. The van der Waals surface area contributed by atoms with Gasteiger partial charge in [0, 0.05) is 5.56 Å². The summed E-state index contributed by atoms with van der Waals surface area (Å²) in [5.74, 6) is 0.705. The fourth-order valence-electron chi connectivity index (χ4n) is 10.00. The maximum Gasteiger partial charge on any atom is 0.228 e. The van der Waals surface area contributed by atoms with Crippen LogP contribution in [-0.2, 0) is 98.4 Å². The summed E-state index contributed by atoms with van der Waals surface area (Å²) in [6.07, 6.45) is -11.7. The molecule has 10 rings (SSSR count). The van der Waals surface area contributed by atoms with Crippen LogP contribution < -0.4 is 4.74 Å². The molecule has 2 aliphatic rings. The predicted molar refractivity (Wildman–Crippen MR) is 307 cm³/mol. The molecule has 8 aromatic carbocycles. The summed E-state index contributed by atoms with van der Waals surface area (Å²) in [5, 5.41) is 0. The van der Waals surface area contributed by atoms with Gasteiger partial charge in [0.05, 0.1) is 66.6 Å². The molecule has 2 fully saturated rings. The second-order valence-electron chi connectivity index (χ2n) is 20.2. The summed E-state index contributed by atoms with van der Waals surface area (Å²) in [4.78, 5) is 0. The maximum absolute atomic E-state index is 17.5. The number of hydrogen-bond donors (Lipinski definition) is 0. The van der Waals surface area contributed by atoms with E-state index in [4.69, 9.17) is 56.8 Å². The van der Waals surface area contributed by atoms with Crippen LogP contribution in [0.3, 0.4) is 0 Å². The Hall–Kier alpha value is -6.95. The third-order valence-electron chi connectivity index (χ3n) is 14.3. The first-order valence-corrected chi connectivity index (χ1v) is 27.9. The minimum absolute atomic E-state index is 0.000407. The molecule has 0 saturated carbocycles. The number of alkyl halides is 1. The number of methoxy groups -OCH3 is 1. The van der Waals surface area contributed by atoms with Gasteiger partial charge in [-0.05, 0) is 51.1 Å². The molecule has 2 heterocycles. The predicted octanol–water partition coefficient (Wildman–Crippen LogP) is 12.9. The van der Waals surface area contributed by atoms with Gasteiger partial charge in [-0.1, -0.05) is 224 Å². The molecule has 13 heteroatoms. The molecular weight excluding hydrogens is 1040 g/mol. The lowest BCUT2D eigenvalue weighted by molar-refractivity contribution is -0.346. The third kappa shape index (κ3) is 16.8. The number of rotatable bonds is 29. The lowest BCUT2D eigenvalue weighted by Crippen LogP contribution is -2.62. The first-order chi connectivity index (χ1) is 40.5. The van der Waals surface area contributed by atoms with Gasteiger partial charge in [0.1, 0.15) is 54.6 Å². The van der Waals surface area contributed by atoms with E-state index in [2.05, 4.69) is 0 Å². The summed E-state index contributed by atoms with van der Waals surface area (Å²) in [6, 6.07) is 76.2. The number of halogens is 1. The second kappa shape index (κ2) is 30.9. The van der Waals surface area contributed by atoms with Gasteiger partial charge in [0.25, 0.3) is 0 Å². The van der Waals surface area contributed by atoms with E-state index < -0.39 is 67.8 Å². The van der Waals surface area contributed by atoms with Crippen LogP contribution >= 0.6 is 0 Å². The summed E-state index contributed by atoms with van der Waals surface area (Å²) >= 11 is 0. The lowest BCUT2D eigenvalue weighted by atomic mass is 9.97. The second-order valence-corrected chi connectivity index (χ2v) is 20.2. The van der Waals surface area contributed by atoms with Crippen LogP contribution in [0.4, 0.5) is 4.39 Å². The molecule has 2 saturated heterocycles. The summed E-state index contributed by atoms with van der Waals surface area (Å²) in [7, 11) is 1.62. The average molecular weight is 1110 g/mol. The highest BCUT2D eigenvalue weighted by molar-refractivity contribution is 5.27. The Morgan fingerprint density at radius 3 is 1.15 bits per heavy atom. The normalized spacial score (nSPS) is 23.0. The fraction of sp³-hybridized carbons (Fsp3) is 0.304. The zero-order valence-corrected chi connectivity index (χ0v) is 46.0. The fourth-order valence-corrected chi connectivity index (χ4v) is 10.00. The third-order valence-corrected chi connectivity index (χ3v) is 14.3. The van der Waals surface area contributed by atoms with Gasteiger partial charge in [-0.2, -0.15) is 0 Å². The van der Waals surface area contributed by atoms with E-state index in [0.717, 1.165) is 38.9 Å². The maximum atomic E-state index is 17.5. The Labute approximate surface area is 480 Å².